The number of nitrogens with one attached hydrogen (secondary N) is 1. The summed E-state index contributed by atoms with van der Waals surface area (Å²) in [6.45, 7) is 4.28. The normalized spacial score (nSPS) is 22.5. The second kappa shape index (κ2) is 4.60. The molecule has 2 rings (SSSR count). The fraction of sp³-hybridized carbons (Fsp3) is 0.727. The van der Waals surface area contributed by atoms with E-state index in [1.54, 1.807) is 11.3 Å². The average Bonchev–Trinajstić information content (AvgIpc) is 2.59. The van der Waals surface area contributed by atoms with Gasteiger partial charge < -0.3 is 10.4 Å². The minimum Gasteiger partial charge on any atom is -0.395 e. The van der Waals surface area contributed by atoms with Gasteiger partial charge in [-0.3, -0.25) is 0 Å². The van der Waals surface area contributed by atoms with Crippen molar-refractivity contribution in [1.29, 1.82) is 0 Å². The molecule has 2 N–H and O–H groups in total. The first-order chi connectivity index (χ1) is 7.20. The molecule has 0 saturated heterocycles. The summed E-state index contributed by atoms with van der Waals surface area (Å²) in [7, 11) is 0. The van der Waals surface area contributed by atoms with E-state index in [0.717, 1.165) is 11.4 Å². The Morgan fingerprint density at radius 1 is 1.67 bits per heavy atom. The van der Waals surface area contributed by atoms with Gasteiger partial charge >= 0.3 is 0 Å². The molecule has 0 aliphatic heterocycles. The summed E-state index contributed by atoms with van der Waals surface area (Å²) < 4.78 is 0. The van der Waals surface area contributed by atoms with Crippen molar-refractivity contribution in [3.8, 4) is 0 Å². The summed E-state index contributed by atoms with van der Waals surface area (Å²) >= 11 is 1.80. The standard InChI is InChI=1S/C11H18N2OS/c1-7(6-14)12-9-4-3-5-10-11(9)15-8(2)13-10/h7,9,12,14H,3-6H2,1-2H3/t7-,9?/m1/s1. The van der Waals surface area contributed by atoms with Crippen LogP contribution >= 0.6 is 11.3 Å². The Bertz CT molecular complexity index is 337. The third kappa shape index (κ3) is 2.38. The van der Waals surface area contributed by atoms with Crippen molar-refractivity contribution in [2.75, 3.05) is 6.61 Å². The number of aliphatic hydroxyl groups excluding tert-OH is 1. The van der Waals surface area contributed by atoms with Gasteiger partial charge in [-0.15, -0.1) is 11.3 Å². The maximum absolute atomic E-state index is 9.04. The molecular formula is C11H18N2OS. The van der Waals surface area contributed by atoms with Crippen LogP contribution in [0.25, 0.3) is 0 Å². The molecule has 1 aliphatic carbocycles. The summed E-state index contributed by atoms with van der Waals surface area (Å²) in [6, 6.07) is 0.574. The molecule has 1 aromatic rings. The molecule has 0 radical (unpaired) electrons. The van der Waals surface area contributed by atoms with Gasteiger partial charge in [0.25, 0.3) is 0 Å². The Kier molecular flexibility index (Phi) is 3.38. The molecule has 15 heavy (non-hydrogen) atoms. The van der Waals surface area contributed by atoms with Gasteiger partial charge in [-0.1, -0.05) is 0 Å². The van der Waals surface area contributed by atoms with Crippen molar-refractivity contribution < 1.29 is 5.11 Å². The van der Waals surface area contributed by atoms with Crippen LogP contribution in [-0.2, 0) is 6.42 Å². The molecule has 3 nitrogen and oxygen atoms in total. The van der Waals surface area contributed by atoms with Crippen molar-refractivity contribution in [2.24, 2.45) is 0 Å². The van der Waals surface area contributed by atoms with Crippen LogP contribution in [0.5, 0.6) is 0 Å². The zero-order valence-corrected chi connectivity index (χ0v) is 10.1. The molecular weight excluding hydrogens is 208 g/mol. The molecule has 1 aliphatic rings. The molecule has 0 bridgehead atoms. The van der Waals surface area contributed by atoms with E-state index in [0.29, 0.717) is 6.04 Å². The lowest BCUT2D eigenvalue weighted by molar-refractivity contribution is 0.237. The van der Waals surface area contributed by atoms with Crippen LogP contribution < -0.4 is 5.32 Å². The Labute approximate surface area is 94.5 Å². The van der Waals surface area contributed by atoms with E-state index in [9.17, 15) is 0 Å². The van der Waals surface area contributed by atoms with Gasteiger partial charge in [0.1, 0.15) is 0 Å². The predicted octanol–water partition coefficient (Wildman–Crippen LogP) is 1.80. The first kappa shape index (κ1) is 11.0. The Morgan fingerprint density at radius 3 is 3.20 bits per heavy atom. The number of nitrogens with zero attached hydrogens (tertiary/aromatic N) is 1. The number of aromatic nitrogens is 1. The van der Waals surface area contributed by atoms with Gasteiger partial charge in [-0.05, 0) is 33.1 Å². The second-order valence-electron chi connectivity index (χ2n) is 4.24. The summed E-state index contributed by atoms with van der Waals surface area (Å²) in [6.07, 6.45) is 3.48. The fourth-order valence-electron chi connectivity index (χ4n) is 2.10. The third-order valence-electron chi connectivity index (χ3n) is 2.82. The first-order valence-corrected chi connectivity index (χ1v) is 6.35. The maximum Gasteiger partial charge on any atom is 0.0900 e. The zero-order chi connectivity index (χ0) is 10.8. The minimum atomic E-state index is 0.170. The molecule has 0 aromatic carbocycles. The monoisotopic (exact) mass is 226 g/mol. The molecule has 1 heterocycles. The van der Waals surface area contributed by atoms with E-state index in [-0.39, 0.29) is 12.6 Å². The summed E-state index contributed by atoms with van der Waals surface area (Å²) in [5.74, 6) is 0. The van der Waals surface area contributed by atoms with Crippen LogP contribution in [0.4, 0.5) is 0 Å². The van der Waals surface area contributed by atoms with E-state index >= 15 is 0 Å². The van der Waals surface area contributed by atoms with Gasteiger partial charge in [0.15, 0.2) is 0 Å². The Hall–Kier alpha value is -0.450. The van der Waals surface area contributed by atoms with Crippen LogP contribution in [0, 0.1) is 6.92 Å². The molecule has 4 heteroatoms. The number of fused-ring (bicyclic) bond motifs is 1. The number of hydrogen-bond acceptors (Lipinski definition) is 4. The Morgan fingerprint density at radius 2 is 2.47 bits per heavy atom. The first-order valence-electron chi connectivity index (χ1n) is 5.54. The Balaban J connectivity index is 2.14. The van der Waals surface area contributed by atoms with E-state index in [1.165, 1.54) is 23.4 Å². The van der Waals surface area contributed by atoms with Gasteiger partial charge in [0.2, 0.25) is 0 Å². The summed E-state index contributed by atoms with van der Waals surface area (Å²) in [5, 5.41) is 13.7. The highest BCUT2D eigenvalue weighted by Crippen LogP contribution is 2.34. The molecule has 0 spiro atoms. The van der Waals surface area contributed by atoms with Gasteiger partial charge in [0, 0.05) is 17.0 Å². The number of thiazole rings is 1. The highest BCUT2D eigenvalue weighted by atomic mass is 32.1. The molecule has 0 amide bonds. The van der Waals surface area contributed by atoms with Gasteiger partial charge in [-0.25, -0.2) is 4.98 Å². The largest absolute Gasteiger partial charge is 0.395 e. The topological polar surface area (TPSA) is 45.2 Å². The van der Waals surface area contributed by atoms with E-state index in [4.69, 9.17) is 5.11 Å². The quantitative estimate of drug-likeness (QED) is 0.826. The SMILES string of the molecule is Cc1nc2c(s1)C(N[C@H](C)CO)CCC2. The number of aryl methyl sites for hydroxylation is 2. The molecule has 1 unspecified atom stereocenters. The highest BCUT2D eigenvalue weighted by molar-refractivity contribution is 7.11. The average molecular weight is 226 g/mol. The third-order valence-corrected chi connectivity index (χ3v) is 3.94. The number of aliphatic hydroxyl groups is 1. The molecule has 0 fully saturated rings. The summed E-state index contributed by atoms with van der Waals surface area (Å²) in [5.41, 5.74) is 1.27. The smallest absolute Gasteiger partial charge is 0.0900 e. The van der Waals surface area contributed by atoms with Gasteiger partial charge in [0.05, 0.1) is 17.3 Å². The number of rotatable bonds is 3. The van der Waals surface area contributed by atoms with Crippen molar-refractivity contribution in [3.63, 3.8) is 0 Å². The van der Waals surface area contributed by atoms with Crippen molar-refractivity contribution in [2.45, 2.75) is 45.2 Å². The molecule has 1 aromatic heterocycles. The van der Waals surface area contributed by atoms with E-state index in [2.05, 4.69) is 17.2 Å². The van der Waals surface area contributed by atoms with Crippen LogP contribution in [0.1, 0.15) is 41.4 Å². The lowest BCUT2D eigenvalue weighted by atomic mass is 9.97. The summed E-state index contributed by atoms with van der Waals surface area (Å²) in [4.78, 5) is 5.94. The predicted molar refractivity (Wildman–Crippen MR) is 62.2 cm³/mol. The number of hydrogen-bond donors (Lipinski definition) is 2. The van der Waals surface area contributed by atoms with E-state index < -0.39 is 0 Å². The zero-order valence-electron chi connectivity index (χ0n) is 9.29. The fourth-order valence-corrected chi connectivity index (χ4v) is 3.17. The lowest BCUT2D eigenvalue weighted by Crippen LogP contribution is -2.34. The molecule has 0 saturated carbocycles. The van der Waals surface area contributed by atoms with Gasteiger partial charge in [-0.2, -0.15) is 0 Å². The lowest BCUT2D eigenvalue weighted by Gasteiger charge is -2.25. The highest BCUT2D eigenvalue weighted by Gasteiger charge is 2.24. The second-order valence-corrected chi connectivity index (χ2v) is 5.47. The van der Waals surface area contributed by atoms with Crippen LogP contribution in [0.3, 0.4) is 0 Å². The van der Waals surface area contributed by atoms with Crippen molar-refractivity contribution in [1.82, 2.24) is 10.3 Å². The van der Waals surface area contributed by atoms with Crippen molar-refractivity contribution >= 4 is 11.3 Å². The van der Waals surface area contributed by atoms with Crippen LogP contribution in [0.15, 0.2) is 0 Å². The van der Waals surface area contributed by atoms with E-state index in [1.807, 2.05) is 6.92 Å². The minimum absolute atomic E-state index is 0.170. The maximum atomic E-state index is 9.04. The van der Waals surface area contributed by atoms with Crippen LogP contribution in [0.2, 0.25) is 0 Å². The molecule has 2 atom stereocenters. The van der Waals surface area contributed by atoms with Crippen LogP contribution in [-0.4, -0.2) is 22.7 Å². The van der Waals surface area contributed by atoms with Crippen molar-refractivity contribution in [3.05, 3.63) is 15.6 Å². The molecule has 84 valence electrons.